The topological polar surface area (TPSA) is 93.2 Å². The summed E-state index contributed by atoms with van der Waals surface area (Å²) in [6, 6.07) is 13.7. The molecule has 0 unspecified atom stereocenters. The summed E-state index contributed by atoms with van der Waals surface area (Å²) in [6.07, 6.45) is 0. The molecule has 27 heavy (non-hydrogen) atoms. The summed E-state index contributed by atoms with van der Waals surface area (Å²) in [7, 11) is 0. The van der Waals surface area contributed by atoms with Crippen molar-refractivity contribution in [3.63, 3.8) is 0 Å². The Morgan fingerprint density at radius 3 is 2.56 bits per heavy atom. The van der Waals surface area contributed by atoms with Crippen molar-refractivity contribution < 1.29 is 19.4 Å². The summed E-state index contributed by atoms with van der Waals surface area (Å²) in [4.78, 5) is 24.0. The van der Waals surface area contributed by atoms with Crippen LogP contribution in [-0.4, -0.2) is 28.2 Å². The minimum atomic E-state index is -0.538. The Kier molecular flexibility index (Phi) is 5.66. The number of carbonyl (C=O) groups excluding carboxylic acids is 2. The van der Waals surface area contributed by atoms with Crippen LogP contribution in [0.3, 0.4) is 0 Å². The van der Waals surface area contributed by atoms with E-state index in [0.717, 1.165) is 4.47 Å². The smallest absolute Gasteiger partial charge is 0.326 e. The maximum Gasteiger partial charge on any atom is 0.326 e. The number of nitrogens with zero attached hydrogens (tertiary/aromatic N) is 3. The van der Waals surface area contributed by atoms with Crippen LogP contribution in [0.25, 0.3) is 10.9 Å². The van der Waals surface area contributed by atoms with Crippen LogP contribution in [0.1, 0.15) is 17.3 Å². The van der Waals surface area contributed by atoms with Gasteiger partial charge in [0, 0.05) is 15.4 Å². The van der Waals surface area contributed by atoms with Gasteiger partial charge in [-0.05, 0) is 37.3 Å². The highest BCUT2D eigenvalue weighted by atomic mass is 79.9. The molecule has 2 aromatic carbocycles. The maximum absolute atomic E-state index is 12.2. The fourth-order valence-electron chi connectivity index (χ4n) is 2.61. The molecule has 1 heterocycles. The van der Waals surface area contributed by atoms with Gasteiger partial charge in [-0.15, -0.1) is 10.2 Å². The fourth-order valence-corrected chi connectivity index (χ4v) is 2.88. The quantitative estimate of drug-likeness (QED) is 0.473. The molecule has 1 N–H and O–H groups in total. The number of esters is 1. The van der Waals surface area contributed by atoms with Crippen molar-refractivity contribution in [2.24, 2.45) is 10.2 Å². The molecule has 0 radical (unpaired) electrons. The second kappa shape index (κ2) is 8.13. The van der Waals surface area contributed by atoms with E-state index in [1.807, 2.05) is 0 Å². The third-order valence-corrected chi connectivity index (χ3v) is 4.37. The summed E-state index contributed by atoms with van der Waals surface area (Å²) >= 11 is 3.30. The highest BCUT2D eigenvalue weighted by molar-refractivity contribution is 9.10. The third-order valence-electron chi connectivity index (χ3n) is 3.84. The summed E-state index contributed by atoms with van der Waals surface area (Å²) in [5.41, 5.74) is 1.09. The molecular formula is C19H16BrN3O4. The van der Waals surface area contributed by atoms with Gasteiger partial charge in [0.25, 0.3) is 5.91 Å². The summed E-state index contributed by atoms with van der Waals surface area (Å²) in [6.45, 7) is 1.78. The molecule has 1 amide bonds. The van der Waals surface area contributed by atoms with Crippen molar-refractivity contribution in [3.8, 4) is 5.88 Å². The Bertz CT molecular complexity index is 1030. The minimum Gasteiger partial charge on any atom is -0.493 e. The molecule has 3 aromatic rings. The number of ether oxygens (including phenoxy) is 1. The van der Waals surface area contributed by atoms with E-state index in [1.54, 1.807) is 55.5 Å². The van der Waals surface area contributed by atoms with Gasteiger partial charge in [-0.25, -0.2) is 0 Å². The number of aromatic hydroxyl groups is 1. The van der Waals surface area contributed by atoms with E-state index in [-0.39, 0.29) is 24.7 Å². The van der Waals surface area contributed by atoms with E-state index >= 15 is 0 Å². The molecule has 1 aromatic heterocycles. The molecule has 0 fully saturated rings. The molecule has 0 saturated carbocycles. The van der Waals surface area contributed by atoms with E-state index in [9.17, 15) is 14.7 Å². The second-order valence-corrected chi connectivity index (χ2v) is 6.51. The van der Waals surface area contributed by atoms with Crippen molar-refractivity contribution in [2.75, 3.05) is 6.61 Å². The van der Waals surface area contributed by atoms with Crippen LogP contribution in [0.15, 0.2) is 63.2 Å². The van der Waals surface area contributed by atoms with Crippen LogP contribution in [0.4, 0.5) is 5.69 Å². The van der Waals surface area contributed by atoms with Crippen LogP contribution in [-0.2, 0) is 16.1 Å². The number of fused-ring (bicyclic) bond motifs is 1. The lowest BCUT2D eigenvalue weighted by Gasteiger charge is -2.06. The molecule has 0 saturated heterocycles. The Morgan fingerprint density at radius 2 is 1.85 bits per heavy atom. The number of amides is 1. The first-order chi connectivity index (χ1) is 13.0. The van der Waals surface area contributed by atoms with Gasteiger partial charge in [-0.1, -0.05) is 34.1 Å². The standard InChI is InChI=1S/C19H16BrN3O4/c1-2-27-16(24)11-23-15-6-4-3-5-14(15)17(19(23)26)21-22-18(25)12-7-9-13(20)10-8-12/h3-10,26H,2,11H2,1H3. The number of hydrogen-bond acceptors (Lipinski definition) is 5. The van der Waals surface area contributed by atoms with Crippen LogP contribution in [0, 0.1) is 0 Å². The van der Waals surface area contributed by atoms with Gasteiger partial charge < -0.3 is 9.84 Å². The highest BCUT2D eigenvalue weighted by Gasteiger charge is 2.19. The van der Waals surface area contributed by atoms with E-state index < -0.39 is 11.9 Å². The van der Waals surface area contributed by atoms with Gasteiger partial charge >= 0.3 is 5.97 Å². The number of para-hydroxylation sites is 1. The SMILES string of the molecule is CCOC(=O)Cn1c(O)c(N=NC(=O)c2ccc(Br)cc2)c2ccccc21. The number of halogens is 1. The molecule has 8 heteroatoms. The molecular weight excluding hydrogens is 414 g/mol. The van der Waals surface area contributed by atoms with Crippen LogP contribution in [0.5, 0.6) is 5.88 Å². The van der Waals surface area contributed by atoms with E-state index in [0.29, 0.717) is 16.5 Å². The summed E-state index contributed by atoms with van der Waals surface area (Å²) < 4.78 is 7.17. The second-order valence-electron chi connectivity index (χ2n) is 5.59. The van der Waals surface area contributed by atoms with Gasteiger partial charge in [0.15, 0.2) is 5.69 Å². The number of rotatable bonds is 5. The first-order valence-electron chi connectivity index (χ1n) is 8.18. The first kappa shape index (κ1) is 18.8. The monoisotopic (exact) mass is 429 g/mol. The maximum atomic E-state index is 12.2. The van der Waals surface area contributed by atoms with Gasteiger partial charge in [0.05, 0.1) is 12.1 Å². The van der Waals surface area contributed by atoms with Gasteiger partial charge in [-0.2, -0.15) is 0 Å². The Balaban J connectivity index is 1.96. The molecule has 138 valence electrons. The predicted octanol–water partition coefficient (Wildman–Crippen LogP) is 4.60. The lowest BCUT2D eigenvalue weighted by Crippen LogP contribution is -2.12. The van der Waals surface area contributed by atoms with Gasteiger partial charge in [-0.3, -0.25) is 14.2 Å². The normalized spacial score (nSPS) is 11.2. The Morgan fingerprint density at radius 1 is 1.15 bits per heavy atom. The zero-order chi connectivity index (χ0) is 19.4. The Labute approximate surface area is 163 Å². The van der Waals surface area contributed by atoms with Gasteiger partial charge in [0.2, 0.25) is 5.88 Å². The van der Waals surface area contributed by atoms with Crippen molar-refractivity contribution in [2.45, 2.75) is 13.5 Å². The Hall–Kier alpha value is -3.00. The molecule has 7 nitrogen and oxygen atoms in total. The zero-order valence-corrected chi connectivity index (χ0v) is 16.0. The molecule has 0 aliphatic heterocycles. The number of benzene rings is 2. The lowest BCUT2D eigenvalue weighted by molar-refractivity contribution is -0.143. The molecule has 0 bridgehead atoms. The third kappa shape index (κ3) is 4.06. The average Bonchev–Trinajstić information content (AvgIpc) is 2.92. The van der Waals surface area contributed by atoms with Crippen molar-refractivity contribution in [1.29, 1.82) is 0 Å². The fraction of sp³-hybridized carbons (Fsp3) is 0.158. The molecule has 0 spiro atoms. The van der Waals surface area contributed by atoms with Crippen LogP contribution >= 0.6 is 15.9 Å². The number of azo groups is 1. The number of hydrogen-bond donors (Lipinski definition) is 1. The summed E-state index contributed by atoms with van der Waals surface area (Å²) in [5.74, 6) is -1.27. The number of aromatic nitrogens is 1. The van der Waals surface area contributed by atoms with Crippen molar-refractivity contribution in [1.82, 2.24) is 4.57 Å². The van der Waals surface area contributed by atoms with E-state index in [1.165, 1.54) is 4.57 Å². The molecule has 3 rings (SSSR count). The van der Waals surface area contributed by atoms with Gasteiger partial charge in [0.1, 0.15) is 6.54 Å². The number of carbonyl (C=O) groups is 2. The molecule has 0 aliphatic carbocycles. The van der Waals surface area contributed by atoms with Crippen LogP contribution in [0.2, 0.25) is 0 Å². The van der Waals surface area contributed by atoms with E-state index in [2.05, 4.69) is 26.2 Å². The molecule has 0 atom stereocenters. The largest absolute Gasteiger partial charge is 0.493 e. The minimum absolute atomic E-state index is 0.125. The average molecular weight is 430 g/mol. The van der Waals surface area contributed by atoms with E-state index in [4.69, 9.17) is 4.74 Å². The van der Waals surface area contributed by atoms with Crippen molar-refractivity contribution >= 4 is 44.4 Å². The highest BCUT2D eigenvalue weighted by Crippen LogP contribution is 2.38. The van der Waals surface area contributed by atoms with Crippen LogP contribution < -0.4 is 0 Å². The van der Waals surface area contributed by atoms with Crippen molar-refractivity contribution in [3.05, 3.63) is 58.6 Å². The predicted molar refractivity (Wildman–Crippen MR) is 103 cm³/mol. The zero-order valence-electron chi connectivity index (χ0n) is 14.4. The molecule has 0 aliphatic rings. The summed E-state index contributed by atoms with van der Waals surface area (Å²) in [5, 5.41) is 18.8. The first-order valence-corrected chi connectivity index (χ1v) is 8.98. The lowest BCUT2D eigenvalue weighted by atomic mass is 10.2.